The fraction of sp³-hybridized carbons (Fsp3) is 0.429. The van der Waals surface area contributed by atoms with Crippen molar-refractivity contribution < 1.29 is 19.8 Å². The highest BCUT2D eigenvalue weighted by Gasteiger charge is 2.30. The molecule has 4 N–H and O–H groups in total. The van der Waals surface area contributed by atoms with Crippen LogP contribution < -0.4 is 10.6 Å². The molecule has 2 rings (SSSR count). The average molecular weight is 278 g/mol. The summed E-state index contributed by atoms with van der Waals surface area (Å²) < 4.78 is 0. The molecule has 1 heterocycles. The number of aliphatic hydroxyl groups excluding tert-OH is 1. The number of carbonyl (C=O) groups excluding carboxylic acids is 1. The van der Waals surface area contributed by atoms with Crippen molar-refractivity contribution in [1.82, 2.24) is 10.6 Å². The maximum Gasteiger partial charge on any atom is 0.328 e. The molecule has 108 valence electrons. The van der Waals surface area contributed by atoms with Gasteiger partial charge >= 0.3 is 5.97 Å². The molecule has 1 aliphatic rings. The van der Waals surface area contributed by atoms with Crippen LogP contribution in [0.2, 0.25) is 0 Å². The first-order valence-electron chi connectivity index (χ1n) is 6.50. The van der Waals surface area contributed by atoms with Gasteiger partial charge in [0.2, 0.25) is 5.91 Å². The summed E-state index contributed by atoms with van der Waals surface area (Å²) in [5.41, 5.74) is 2.22. The molecule has 6 nitrogen and oxygen atoms in total. The van der Waals surface area contributed by atoms with Crippen molar-refractivity contribution in [2.24, 2.45) is 0 Å². The van der Waals surface area contributed by atoms with Crippen LogP contribution in [0.5, 0.6) is 0 Å². The maximum absolute atomic E-state index is 12.1. The lowest BCUT2D eigenvalue weighted by molar-refractivity contribution is -0.145. The molecule has 0 saturated heterocycles. The van der Waals surface area contributed by atoms with Crippen LogP contribution in [0.15, 0.2) is 24.3 Å². The van der Waals surface area contributed by atoms with Crippen LogP contribution in [0.4, 0.5) is 0 Å². The third-order valence-corrected chi connectivity index (χ3v) is 3.44. The van der Waals surface area contributed by atoms with Crippen LogP contribution >= 0.6 is 0 Å². The summed E-state index contributed by atoms with van der Waals surface area (Å²) >= 11 is 0. The van der Waals surface area contributed by atoms with Crippen molar-refractivity contribution >= 4 is 11.9 Å². The fourth-order valence-electron chi connectivity index (χ4n) is 2.28. The molecular formula is C14H18N2O4. The van der Waals surface area contributed by atoms with Gasteiger partial charge in [-0.15, -0.1) is 0 Å². The van der Waals surface area contributed by atoms with E-state index in [1.807, 2.05) is 24.3 Å². The first-order valence-corrected chi connectivity index (χ1v) is 6.50. The molecule has 0 spiro atoms. The second-order valence-electron chi connectivity index (χ2n) is 4.97. The van der Waals surface area contributed by atoms with Gasteiger partial charge in [-0.3, -0.25) is 4.79 Å². The van der Waals surface area contributed by atoms with Gasteiger partial charge in [0.15, 0.2) is 6.04 Å². The Morgan fingerprint density at radius 1 is 1.35 bits per heavy atom. The lowest BCUT2D eigenvalue weighted by atomic mass is 9.95. The van der Waals surface area contributed by atoms with E-state index in [0.29, 0.717) is 13.0 Å². The van der Waals surface area contributed by atoms with Gasteiger partial charge in [0.1, 0.15) is 0 Å². The molecule has 0 aromatic heterocycles. The van der Waals surface area contributed by atoms with Crippen LogP contribution in [-0.2, 0) is 22.6 Å². The van der Waals surface area contributed by atoms with Crippen LogP contribution in [0.25, 0.3) is 0 Å². The summed E-state index contributed by atoms with van der Waals surface area (Å²) in [5, 5.41) is 23.8. The molecule has 0 saturated carbocycles. The number of hydrogen-bond acceptors (Lipinski definition) is 4. The molecule has 3 atom stereocenters. The molecule has 0 aliphatic carbocycles. The van der Waals surface area contributed by atoms with Gasteiger partial charge in [-0.05, 0) is 24.5 Å². The normalized spacial score (nSPS) is 20.6. The predicted octanol–water partition coefficient (Wildman–Crippen LogP) is -0.349. The Hall–Kier alpha value is -1.92. The van der Waals surface area contributed by atoms with E-state index in [2.05, 4.69) is 10.6 Å². The number of hydrogen-bond donors (Lipinski definition) is 4. The highest BCUT2D eigenvalue weighted by molar-refractivity contribution is 5.87. The zero-order chi connectivity index (χ0) is 14.7. The Bertz CT molecular complexity index is 516. The van der Waals surface area contributed by atoms with Crippen LogP contribution in [0, 0.1) is 0 Å². The smallest absolute Gasteiger partial charge is 0.328 e. The number of fused-ring (bicyclic) bond motifs is 1. The minimum Gasteiger partial charge on any atom is -0.480 e. The number of rotatable bonds is 4. The minimum absolute atomic E-state index is 0.409. The molecule has 1 amide bonds. The van der Waals surface area contributed by atoms with E-state index in [4.69, 9.17) is 5.11 Å². The highest BCUT2D eigenvalue weighted by atomic mass is 16.4. The SMILES string of the molecule is CC(O)C(NC(=O)[C@@H]1Cc2ccccc2CN1)C(=O)O. The topological polar surface area (TPSA) is 98.7 Å². The first kappa shape index (κ1) is 14.5. The highest BCUT2D eigenvalue weighted by Crippen LogP contribution is 2.16. The number of aliphatic hydroxyl groups is 1. The average Bonchev–Trinajstić information content (AvgIpc) is 2.43. The molecule has 2 unspecified atom stereocenters. The molecule has 1 aliphatic heterocycles. The third-order valence-electron chi connectivity index (χ3n) is 3.44. The molecule has 6 heteroatoms. The third kappa shape index (κ3) is 3.15. The van der Waals surface area contributed by atoms with Gasteiger partial charge in [-0.1, -0.05) is 24.3 Å². The molecular weight excluding hydrogens is 260 g/mol. The Balaban J connectivity index is 2.03. The second kappa shape index (κ2) is 6.02. The summed E-state index contributed by atoms with van der Waals surface area (Å²) in [4.78, 5) is 23.0. The van der Waals surface area contributed by atoms with Gasteiger partial charge < -0.3 is 20.8 Å². The number of benzene rings is 1. The largest absolute Gasteiger partial charge is 0.480 e. The van der Waals surface area contributed by atoms with Crippen molar-refractivity contribution in [3.05, 3.63) is 35.4 Å². The summed E-state index contributed by atoms with van der Waals surface area (Å²) in [5.74, 6) is -1.66. The molecule has 1 aromatic rings. The van der Waals surface area contributed by atoms with Crippen molar-refractivity contribution in [2.45, 2.75) is 38.1 Å². The summed E-state index contributed by atoms with van der Waals surface area (Å²) in [6.45, 7) is 1.91. The van der Waals surface area contributed by atoms with Gasteiger partial charge in [0.25, 0.3) is 0 Å². The van der Waals surface area contributed by atoms with Crippen molar-refractivity contribution in [3.63, 3.8) is 0 Å². The monoisotopic (exact) mass is 278 g/mol. The van der Waals surface area contributed by atoms with E-state index < -0.39 is 30.1 Å². The zero-order valence-electron chi connectivity index (χ0n) is 11.2. The minimum atomic E-state index is -1.29. The Morgan fingerprint density at radius 2 is 2.00 bits per heavy atom. The van der Waals surface area contributed by atoms with Gasteiger partial charge in [-0.25, -0.2) is 4.79 Å². The van der Waals surface area contributed by atoms with E-state index in [-0.39, 0.29) is 0 Å². The quantitative estimate of drug-likeness (QED) is 0.603. The van der Waals surface area contributed by atoms with Crippen molar-refractivity contribution in [2.75, 3.05) is 0 Å². The number of amides is 1. The van der Waals surface area contributed by atoms with Crippen LogP contribution in [0.1, 0.15) is 18.1 Å². The molecule has 0 radical (unpaired) electrons. The molecule has 0 bridgehead atoms. The maximum atomic E-state index is 12.1. The van der Waals surface area contributed by atoms with E-state index in [1.165, 1.54) is 6.92 Å². The van der Waals surface area contributed by atoms with Gasteiger partial charge in [0.05, 0.1) is 12.1 Å². The summed E-state index contributed by atoms with van der Waals surface area (Å²) in [6.07, 6.45) is -0.638. The first-order chi connectivity index (χ1) is 9.49. The lowest BCUT2D eigenvalue weighted by Gasteiger charge is -2.27. The number of nitrogens with one attached hydrogen (secondary N) is 2. The Kier molecular flexibility index (Phi) is 4.36. The zero-order valence-corrected chi connectivity index (χ0v) is 11.2. The van der Waals surface area contributed by atoms with Crippen LogP contribution in [0.3, 0.4) is 0 Å². The molecule has 1 aromatic carbocycles. The molecule has 0 fully saturated rings. The van der Waals surface area contributed by atoms with Gasteiger partial charge in [0, 0.05) is 6.54 Å². The number of aliphatic carboxylic acids is 1. The fourth-order valence-corrected chi connectivity index (χ4v) is 2.28. The van der Waals surface area contributed by atoms with E-state index in [9.17, 15) is 14.7 Å². The predicted molar refractivity (Wildman–Crippen MR) is 72.0 cm³/mol. The van der Waals surface area contributed by atoms with Crippen molar-refractivity contribution in [1.29, 1.82) is 0 Å². The second-order valence-corrected chi connectivity index (χ2v) is 4.97. The van der Waals surface area contributed by atoms with E-state index >= 15 is 0 Å². The molecule has 20 heavy (non-hydrogen) atoms. The Morgan fingerprint density at radius 3 is 2.60 bits per heavy atom. The van der Waals surface area contributed by atoms with E-state index in [1.54, 1.807) is 0 Å². The van der Waals surface area contributed by atoms with Crippen LogP contribution in [-0.4, -0.2) is 40.3 Å². The summed E-state index contributed by atoms with van der Waals surface area (Å²) in [6, 6.07) is 6.03. The van der Waals surface area contributed by atoms with Crippen molar-refractivity contribution in [3.8, 4) is 0 Å². The summed E-state index contributed by atoms with van der Waals surface area (Å²) in [7, 11) is 0. The number of carbonyl (C=O) groups is 2. The number of carboxylic acids is 1. The van der Waals surface area contributed by atoms with E-state index in [0.717, 1.165) is 11.1 Å². The lowest BCUT2D eigenvalue weighted by Crippen LogP contribution is -2.55. The Labute approximate surface area is 116 Å². The van der Waals surface area contributed by atoms with Gasteiger partial charge in [-0.2, -0.15) is 0 Å². The number of carboxylic acid groups (broad SMARTS) is 1. The standard InChI is InChI=1S/C14H18N2O4/c1-8(17)12(14(19)20)16-13(18)11-6-9-4-2-3-5-10(9)7-15-11/h2-5,8,11-12,15,17H,6-7H2,1H3,(H,16,18)(H,19,20)/t8?,11-,12?/m0/s1.